The molecule has 4 N–H and O–H groups in total. The van der Waals surface area contributed by atoms with Gasteiger partial charge in [0.25, 0.3) is 0 Å². The number of benzene rings is 4. The Kier molecular flexibility index (Phi) is 17.5. The minimum Gasteiger partial charge on any atom is -0.495 e. The molecule has 420 valence electrons. The summed E-state index contributed by atoms with van der Waals surface area (Å²) in [4.78, 5) is 33.0. The maximum Gasteiger partial charge on any atom is 0.229 e. The second kappa shape index (κ2) is 23.6. The molecule has 1 fully saturated rings. The van der Waals surface area contributed by atoms with Gasteiger partial charge in [-0.05, 0) is 139 Å². The number of aromatic nitrogens is 4. The van der Waals surface area contributed by atoms with Crippen molar-refractivity contribution < 1.29 is 31.1 Å². The Morgan fingerprint density at radius 1 is 0.595 bits per heavy atom. The highest BCUT2D eigenvalue weighted by atomic mass is 35.5. The van der Waals surface area contributed by atoms with Crippen molar-refractivity contribution >= 4 is 101 Å². The van der Waals surface area contributed by atoms with Crippen molar-refractivity contribution in [1.29, 1.82) is 0 Å². The molecular formula is C57H69Cl2N11O7S2. The van der Waals surface area contributed by atoms with E-state index in [0.717, 1.165) is 50.1 Å². The van der Waals surface area contributed by atoms with Crippen molar-refractivity contribution in [1.82, 2.24) is 29.8 Å². The lowest BCUT2D eigenvalue weighted by Crippen LogP contribution is -2.44. The summed E-state index contributed by atoms with van der Waals surface area (Å²) in [5.41, 5.74) is 6.76. The number of rotatable bonds is 15. The number of anilines is 8. The lowest BCUT2D eigenvalue weighted by molar-refractivity contribution is -0.124. The molecular weight excluding hydrogens is 1090 g/mol. The van der Waals surface area contributed by atoms with E-state index in [4.69, 9.17) is 37.8 Å². The fourth-order valence-electron chi connectivity index (χ4n) is 9.70. The first-order valence-electron chi connectivity index (χ1n) is 26.1. The monoisotopic (exact) mass is 1150 g/mol. The molecule has 0 amide bonds. The molecule has 2 aromatic heterocycles. The van der Waals surface area contributed by atoms with Crippen molar-refractivity contribution in [2.75, 3.05) is 68.7 Å². The van der Waals surface area contributed by atoms with E-state index in [1.807, 2.05) is 26.0 Å². The van der Waals surface area contributed by atoms with Crippen molar-refractivity contribution in [3.8, 4) is 11.5 Å². The number of sulfone groups is 2. The van der Waals surface area contributed by atoms with Crippen LogP contribution in [-0.4, -0.2) is 116 Å². The van der Waals surface area contributed by atoms with Crippen LogP contribution in [0.3, 0.4) is 0 Å². The van der Waals surface area contributed by atoms with E-state index in [0.29, 0.717) is 47.1 Å². The highest BCUT2D eigenvalue weighted by molar-refractivity contribution is 7.92. The largest absolute Gasteiger partial charge is 0.495 e. The number of nitrogens with one attached hydrogen (secondary N) is 4. The maximum atomic E-state index is 13.0. The van der Waals surface area contributed by atoms with Crippen LogP contribution in [0, 0.1) is 0 Å². The number of carbonyl (C=O) groups is 1. The zero-order chi connectivity index (χ0) is 57.2. The number of piperazine rings is 1. The molecule has 0 radical (unpaired) electrons. The standard InChI is InChI=1S/C31H40ClN7O3S.C26H29ClN4O4S/c1-20(2)43(40,41)27-10-8-7-9-24(27)34-29-23(32)19-33-30(36-29)35-25-18-22-21(17-26(25)42-6)11-12-28(31(22,3)4)37-39-15-13-38(5)14-16-39;1-15(2)36(33,34)22-9-7-6-8-19(22)29-24-18(27)14-28-25(31-24)30-20-13-17-16(12-21(20)35-5)10-11-23(32)26(17,3)4/h7-10,17-20H,11-16H2,1-6H3,(H2,33,34,35,36);6-9,12-15H,10-11H2,1-5H3,(H2,28,29,30,31)/b37-28+;. The first kappa shape index (κ1) is 58.6. The van der Waals surface area contributed by atoms with Crippen LogP contribution in [0.1, 0.15) is 90.5 Å². The number of para-hydroxylation sites is 2. The average molecular weight is 1160 g/mol. The molecule has 6 aromatic rings. The van der Waals surface area contributed by atoms with Crippen LogP contribution in [0.25, 0.3) is 0 Å². The summed E-state index contributed by atoms with van der Waals surface area (Å²) in [6.45, 7) is 18.7. The molecule has 18 nitrogen and oxygen atoms in total. The molecule has 3 aliphatic rings. The Hall–Kier alpha value is -6.58. The third-order valence-electron chi connectivity index (χ3n) is 14.7. The van der Waals surface area contributed by atoms with Gasteiger partial charge in [0, 0.05) is 49.1 Å². The molecule has 22 heteroatoms. The Morgan fingerprint density at radius 3 is 1.47 bits per heavy atom. The number of methoxy groups -OCH3 is 2. The Bertz CT molecular complexity index is 3530. The number of carbonyl (C=O) groups excluding carboxylic acids is 1. The van der Waals surface area contributed by atoms with Crippen LogP contribution < -0.4 is 30.7 Å². The molecule has 0 unspecified atom stereocenters. The van der Waals surface area contributed by atoms with Gasteiger partial charge < -0.3 is 35.6 Å². The van der Waals surface area contributed by atoms with Crippen LogP contribution in [0.15, 0.2) is 100 Å². The van der Waals surface area contributed by atoms with Crippen molar-refractivity contribution in [2.45, 2.75) is 112 Å². The lowest BCUT2D eigenvalue weighted by Gasteiger charge is -2.37. The molecule has 1 saturated heterocycles. The highest BCUT2D eigenvalue weighted by Gasteiger charge is 2.37. The molecule has 0 saturated carbocycles. The first-order chi connectivity index (χ1) is 37.3. The average Bonchev–Trinajstić information content (AvgIpc) is 3.43. The molecule has 4 aromatic carbocycles. The summed E-state index contributed by atoms with van der Waals surface area (Å²) in [6.07, 6.45) is 5.85. The zero-order valence-electron chi connectivity index (χ0n) is 46.5. The molecule has 0 spiro atoms. The van der Waals surface area contributed by atoms with E-state index in [1.54, 1.807) is 90.4 Å². The number of nitrogens with zero attached hydrogens (tertiary/aromatic N) is 7. The van der Waals surface area contributed by atoms with Gasteiger partial charge in [-0.25, -0.2) is 26.8 Å². The van der Waals surface area contributed by atoms with Crippen LogP contribution in [0.5, 0.6) is 11.5 Å². The molecule has 1 aliphatic heterocycles. The van der Waals surface area contributed by atoms with E-state index >= 15 is 0 Å². The van der Waals surface area contributed by atoms with Gasteiger partial charge in [-0.1, -0.05) is 61.3 Å². The van der Waals surface area contributed by atoms with E-state index in [1.165, 1.54) is 29.2 Å². The third kappa shape index (κ3) is 12.6. The Morgan fingerprint density at radius 2 is 1.03 bits per heavy atom. The van der Waals surface area contributed by atoms with Gasteiger partial charge in [0.2, 0.25) is 11.9 Å². The molecule has 0 atom stereocenters. The lowest BCUT2D eigenvalue weighted by atomic mass is 9.71. The summed E-state index contributed by atoms with van der Waals surface area (Å²) in [5, 5.41) is 19.3. The maximum absolute atomic E-state index is 13.0. The number of hydrazone groups is 1. The molecule has 9 rings (SSSR count). The van der Waals surface area contributed by atoms with E-state index in [9.17, 15) is 21.6 Å². The summed E-state index contributed by atoms with van der Waals surface area (Å²) < 4.78 is 63.0. The minimum atomic E-state index is -3.54. The zero-order valence-corrected chi connectivity index (χ0v) is 49.6. The molecule has 79 heavy (non-hydrogen) atoms. The number of hydrogen-bond donors (Lipinski definition) is 4. The van der Waals surface area contributed by atoms with Crippen LogP contribution in [-0.2, 0) is 48.1 Å². The summed E-state index contributed by atoms with van der Waals surface area (Å²) in [7, 11) is -1.72. The summed E-state index contributed by atoms with van der Waals surface area (Å²) in [5.74, 6) is 2.50. The normalized spacial score (nSPS) is 16.6. The van der Waals surface area contributed by atoms with Crippen molar-refractivity contribution in [2.24, 2.45) is 5.10 Å². The highest BCUT2D eigenvalue weighted by Crippen LogP contribution is 2.43. The number of aryl methyl sites for hydroxylation is 2. The van der Waals surface area contributed by atoms with Crippen LogP contribution in [0.4, 0.5) is 46.3 Å². The number of hydrogen-bond acceptors (Lipinski definition) is 18. The number of fused-ring (bicyclic) bond motifs is 2. The fourth-order valence-corrected chi connectivity index (χ4v) is 12.4. The topological polar surface area (TPSA) is 222 Å². The molecule has 2 aliphatic carbocycles. The quantitative estimate of drug-likeness (QED) is 0.0750. The smallest absolute Gasteiger partial charge is 0.229 e. The SMILES string of the molecule is COc1cc2c(cc1Nc1ncc(Cl)c(Nc3ccccc3S(=O)(=O)C(C)C)n1)C(C)(C)/C(=N/N1CCN(C)CC1)CC2.COc1cc2c(cc1Nc1ncc(Cl)c(Nc3ccccc3S(=O)(=O)C(C)C)n1)C(C)(C)C(=O)CC2. The van der Waals surface area contributed by atoms with Gasteiger partial charge in [-0.2, -0.15) is 15.1 Å². The number of ketones is 1. The van der Waals surface area contributed by atoms with Gasteiger partial charge in [0.15, 0.2) is 31.3 Å². The third-order valence-corrected chi connectivity index (χ3v) is 19.7. The number of halogens is 2. The summed E-state index contributed by atoms with van der Waals surface area (Å²) >= 11 is 12.8. The van der Waals surface area contributed by atoms with Crippen LogP contribution >= 0.6 is 23.2 Å². The molecule has 0 bridgehead atoms. The van der Waals surface area contributed by atoms with Gasteiger partial charge in [-0.15, -0.1) is 0 Å². The molecule has 3 heterocycles. The Labute approximate surface area is 474 Å². The van der Waals surface area contributed by atoms with Gasteiger partial charge in [0.05, 0.1) is 69.7 Å². The van der Waals surface area contributed by atoms with Gasteiger partial charge in [0.1, 0.15) is 27.3 Å². The number of Topliss-reactive ketones (excluding diaryl/α,β-unsaturated/α-hetero) is 1. The van der Waals surface area contributed by atoms with Crippen LogP contribution in [0.2, 0.25) is 10.0 Å². The van der Waals surface area contributed by atoms with E-state index < -0.39 is 35.6 Å². The van der Waals surface area contributed by atoms with Gasteiger partial charge >= 0.3 is 0 Å². The number of ether oxygens (including phenoxy) is 2. The Balaban J connectivity index is 0.000000211. The second-order valence-electron chi connectivity index (χ2n) is 21.4. The predicted molar refractivity (Wildman–Crippen MR) is 315 cm³/mol. The number of likely N-dealkylation sites (N-methyl/N-ethyl adjacent to an activating group) is 1. The van der Waals surface area contributed by atoms with Gasteiger partial charge in [-0.3, -0.25) is 9.80 Å². The van der Waals surface area contributed by atoms with E-state index in [-0.39, 0.29) is 54.6 Å². The summed E-state index contributed by atoms with van der Waals surface area (Å²) in [6, 6.07) is 21.4. The fraction of sp³-hybridized carbons (Fsp3) is 0.404. The van der Waals surface area contributed by atoms with E-state index in [2.05, 4.69) is 84.1 Å². The second-order valence-corrected chi connectivity index (χ2v) is 27.1. The predicted octanol–water partition coefficient (Wildman–Crippen LogP) is 11.2. The van der Waals surface area contributed by atoms with Crippen molar-refractivity contribution in [3.63, 3.8) is 0 Å². The minimum absolute atomic E-state index is 0.160. The first-order valence-corrected chi connectivity index (χ1v) is 30.0. The van der Waals surface area contributed by atoms with Crippen molar-refractivity contribution in [3.05, 3.63) is 117 Å².